The summed E-state index contributed by atoms with van der Waals surface area (Å²) in [5.74, 6) is 0.440. The Hall–Kier alpha value is -2.28. The first kappa shape index (κ1) is 20.5. The van der Waals surface area contributed by atoms with E-state index < -0.39 is 0 Å². The molecule has 0 radical (unpaired) electrons. The van der Waals surface area contributed by atoms with Crippen LogP contribution in [0, 0.1) is 0 Å². The number of benzene rings is 2. The summed E-state index contributed by atoms with van der Waals surface area (Å²) < 4.78 is 10.7. The van der Waals surface area contributed by atoms with E-state index in [1.807, 2.05) is 48.5 Å². The van der Waals surface area contributed by atoms with Crippen LogP contribution in [0.3, 0.4) is 0 Å². The van der Waals surface area contributed by atoms with E-state index >= 15 is 0 Å². The Labute approximate surface area is 173 Å². The number of methoxy groups -OCH3 is 1. The molecule has 2 amide bonds. The van der Waals surface area contributed by atoms with E-state index in [4.69, 9.17) is 21.1 Å². The molecule has 0 aromatic heterocycles. The van der Waals surface area contributed by atoms with Gasteiger partial charge in [0.1, 0.15) is 12.4 Å². The summed E-state index contributed by atoms with van der Waals surface area (Å²) in [4.78, 5) is 26.1. The van der Waals surface area contributed by atoms with Crippen molar-refractivity contribution in [1.29, 1.82) is 0 Å². The monoisotopic (exact) mass is 417 g/mol. The number of carbonyl (C=O) groups excluding carboxylic acids is 2. The highest BCUT2D eigenvalue weighted by Crippen LogP contribution is 2.32. The molecule has 146 valence electrons. The summed E-state index contributed by atoms with van der Waals surface area (Å²) in [6.45, 7) is 1.25. The zero-order valence-corrected chi connectivity index (χ0v) is 17.0. The van der Waals surface area contributed by atoms with E-state index in [0.29, 0.717) is 41.9 Å². The predicted molar refractivity (Wildman–Crippen MR) is 111 cm³/mol. The third kappa shape index (κ3) is 5.16. The van der Waals surface area contributed by atoms with Gasteiger partial charge in [-0.1, -0.05) is 41.9 Å². The lowest BCUT2D eigenvalue weighted by atomic mass is 10.2. The average molecular weight is 418 g/mol. The largest absolute Gasteiger partial charge is 0.489 e. The van der Waals surface area contributed by atoms with Crippen molar-refractivity contribution in [2.24, 2.45) is 0 Å². The first-order chi connectivity index (χ1) is 13.6. The molecule has 1 heterocycles. The van der Waals surface area contributed by atoms with Gasteiger partial charge in [0, 0.05) is 30.8 Å². The average Bonchev–Trinajstić information content (AvgIpc) is 2.96. The van der Waals surface area contributed by atoms with Gasteiger partial charge in [0.05, 0.1) is 4.91 Å². The molecule has 2 aromatic rings. The van der Waals surface area contributed by atoms with Crippen molar-refractivity contribution in [3.63, 3.8) is 0 Å². The molecule has 28 heavy (non-hydrogen) atoms. The Morgan fingerprint density at radius 2 is 1.86 bits per heavy atom. The molecule has 2 aromatic carbocycles. The first-order valence-corrected chi connectivity index (χ1v) is 9.98. The standard InChI is InChI=1S/C21H20ClNO4S/c1-26-12-4-11-23-20(24)19(28-21(23)25)13-15-7-9-17(10-8-15)27-14-16-5-2-3-6-18(16)22/h2-3,5-10,13H,4,11-12,14H2,1H3/b19-13+. The van der Waals surface area contributed by atoms with Crippen molar-refractivity contribution in [1.82, 2.24) is 4.90 Å². The number of halogens is 1. The van der Waals surface area contributed by atoms with Gasteiger partial charge in [-0.25, -0.2) is 0 Å². The Bertz CT molecular complexity index is 882. The number of amides is 2. The van der Waals surface area contributed by atoms with E-state index in [0.717, 1.165) is 22.9 Å². The van der Waals surface area contributed by atoms with Crippen molar-refractivity contribution in [2.45, 2.75) is 13.0 Å². The zero-order chi connectivity index (χ0) is 19.9. The SMILES string of the molecule is COCCCN1C(=O)S/C(=C/c2ccc(OCc3ccccc3Cl)cc2)C1=O. The molecule has 1 fully saturated rings. The molecule has 0 N–H and O–H groups in total. The van der Waals surface area contributed by atoms with Gasteiger partial charge in [-0.3, -0.25) is 14.5 Å². The second-order valence-corrected chi connectivity index (χ2v) is 7.53. The van der Waals surface area contributed by atoms with Crippen molar-refractivity contribution in [3.8, 4) is 5.75 Å². The molecule has 0 spiro atoms. The topological polar surface area (TPSA) is 55.8 Å². The van der Waals surface area contributed by atoms with Crippen molar-refractivity contribution in [2.75, 3.05) is 20.3 Å². The van der Waals surface area contributed by atoms with Crippen molar-refractivity contribution >= 4 is 40.6 Å². The van der Waals surface area contributed by atoms with Crippen molar-refractivity contribution < 1.29 is 19.1 Å². The summed E-state index contributed by atoms with van der Waals surface area (Å²) in [5, 5.41) is 0.424. The third-order valence-corrected chi connectivity index (χ3v) is 5.41. The van der Waals surface area contributed by atoms with Gasteiger partial charge in [-0.15, -0.1) is 0 Å². The maximum Gasteiger partial charge on any atom is 0.293 e. The van der Waals surface area contributed by atoms with E-state index in [9.17, 15) is 9.59 Å². The highest BCUT2D eigenvalue weighted by molar-refractivity contribution is 8.18. The van der Waals surface area contributed by atoms with Crippen LogP contribution in [0.1, 0.15) is 17.5 Å². The fourth-order valence-electron chi connectivity index (χ4n) is 2.65. The van der Waals surface area contributed by atoms with E-state index in [1.54, 1.807) is 13.2 Å². The molecule has 1 aliphatic heterocycles. The minimum atomic E-state index is -0.259. The summed E-state index contributed by atoms with van der Waals surface area (Å²) >= 11 is 7.09. The minimum absolute atomic E-state index is 0.243. The van der Waals surface area contributed by atoms with Gasteiger partial charge >= 0.3 is 0 Å². The molecule has 3 rings (SSSR count). The Balaban J connectivity index is 1.61. The number of rotatable bonds is 8. The second-order valence-electron chi connectivity index (χ2n) is 6.13. The number of carbonyl (C=O) groups is 2. The maximum atomic E-state index is 12.4. The molecule has 0 atom stereocenters. The number of nitrogens with zero attached hydrogens (tertiary/aromatic N) is 1. The Morgan fingerprint density at radius 1 is 1.11 bits per heavy atom. The van der Waals surface area contributed by atoms with Crippen LogP contribution in [0.15, 0.2) is 53.4 Å². The number of thioether (sulfide) groups is 1. The smallest absolute Gasteiger partial charge is 0.293 e. The summed E-state index contributed by atoms with van der Waals surface area (Å²) in [6, 6.07) is 14.9. The predicted octanol–water partition coefficient (Wildman–Crippen LogP) is 4.99. The van der Waals surface area contributed by atoms with Gasteiger partial charge in [0.25, 0.3) is 11.1 Å². The Kier molecular flexibility index (Phi) is 7.14. The highest BCUT2D eigenvalue weighted by atomic mass is 35.5. The summed E-state index contributed by atoms with van der Waals surface area (Å²) in [7, 11) is 1.59. The molecule has 0 bridgehead atoms. The zero-order valence-electron chi connectivity index (χ0n) is 15.4. The molecule has 0 aliphatic carbocycles. The molecule has 7 heteroatoms. The van der Waals surface area contributed by atoms with Gasteiger partial charge < -0.3 is 9.47 Å². The van der Waals surface area contributed by atoms with Crippen LogP contribution in [-0.4, -0.2) is 36.3 Å². The normalized spacial score (nSPS) is 15.5. The lowest BCUT2D eigenvalue weighted by molar-refractivity contribution is -0.122. The molecule has 1 aliphatic rings. The maximum absolute atomic E-state index is 12.4. The van der Waals surface area contributed by atoms with Crippen LogP contribution in [-0.2, 0) is 16.1 Å². The number of imide groups is 1. The van der Waals surface area contributed by atoms with E-state index in [-0.39, 0.29) is 11.1 Å². The minimum Gasteiger partial charge on any atom is -0.489 e. The highest BCUT2D eigenvalue weighted by Gasteiger charge is 2.34. The van der Waals surface area contributed by atoms with Crippen LogP contribution in [0.4, 0.5) is 4.79 Å². The second kappa shape index (κ2) is 9.78. The summed E-state index contributed by atoms with van der Waals surface area (Å²) in [6.07, 6.45) is 2.35. The summed E-state index contributed by atoms with van der Waals surface area (Å²) in [5.41, 5.74) is 1.74. The quantitative estimate of drug-likeness (QED) is 0.447. The van der Waals surface area contributed by atoms with Crippen LogP contribution in [0.25, 0.3) is 6.08 Å². The molecule has 0 saturated carbocycles. The van der Waals surface area contributed by atoms with E-state index in [2.05, 4.69) is 0 Å². The van der Waals surface area contributed by atoms with Crippen LogP contribution in [0.5, 0.6) is 5.75 Å². The lowest BCUT2D eigenvalue weighted by Gasteiger charge is -2.11. The van der Waals surface area contributed by atoms with Crippen LogP contribution < -0.4 is 4.74 Å². The first-order valence-electron chi connectivity index (χ1n) is 8.79. The van der Waals surface area contributed by atoms with Gasteiger partial charge in [-0.2, -0.15) is 0 Å². The van der Waals surface area contributed by atoms with Gasteiger partial charge in [0.2, 0.25) is 0 Å². The molecular weight excluding hydrogens is 398 g/mol. The molecule has 5 nitrogen and oxygen atoms in total. The number of hydrogen-bond acceptors (Lipinski definition) is 5. The Morgan fingerprint density at radius 3 is 2.57 bits per heavy atom. The third-order valence-electron chi connectivity index (χ3n) is 4.13. The molecule has 0 unspecified atom stereocenters. The lowest BCUT2D eigenvalue weighted by Crippen LogP contribution is -2.29. The van der Waals surface area contributed by atoms with E-state index in [1.165, 1.54) is 4.90 Å². The van der Waals surface area contributed by atoms with Gasteiger partial charge in [-0.05, 0) is 48.0 Å². The fraction of sp³-hybridized carbons (Fsp3) is 0.238. The van der Waals surface area contributed by atoms with Crippen molar-refractivity contribution in [3.05, 3.63) is 69.6 Å². The fourth-order valence-corrected chi connectivity index (χ4v) is 3.70. The molecule has 1 saturated heterocycles. The van der Waals surface area contributed by atoms with Crippen LogP contribution >= 0.6 is 23.4 Å². The van der Waals surface area contributed by atoms with Crippen LogP contribution in [0.2, 0.25) is 5.02 Å². The number of ether oxygens (including phenoxy) is 2. The number of hydrogen-bond donors (Lipinski definition) is 0. The van der Waals surface area contributed by atoms with Gasteiger partial charge in [0.15, 0.2) is 0 Å². The molecular formula is C21H20ClNO4S.